The molecule has 1 atom stereocenters. The summed E-state index contributed by atoms with van der Waals surface area (Å²) in [5.74, 6) is 1.35. The second-order valence-corrected chi connectivity index (χ2v) is 4.62. The van der Waals surface area contributed by atoms with Crippen molar-refractivity contribution in [1.82, 2.24) is 19.7 Å². The van der Waals surface area contributed by atoms with E-state index in [-0.39, 0.29) is 0 Å². The van der Waals surface area contributed by atoms with E-state index in [9.17, 15) is 0 Å². The monoisotopic (exact) mass is 259 g/mol. The van der Waals surface area contributed by atoms with E-state index in [4.69, 9.17) is 4.74 Å². The molecule has 0 spiro atoms. The van der Waals surface area contributed by atoms with E-state index >= 15 is 0 Å². The zero-order chi connectivity index (χ0) is 13.1. The first kappa shape index (κ1) is 12.0. The molecule has 0 radical (unpaired) electrons. The minimum atomic E-state index is 0.395. The van der Waals surface area contributed by atoms with Gasteiger partial charge in [0.25, 0.3) is 0 Å². The summed E-state index contributed by atoms with van der Waals surface area (Å²) in [4.78, 5) is 11.0. The van der Waals surface area contributed by atoms with Crippen LogP contribution in [-0.4, -0.2) is 39.4 Å². The van der Waals surface area contributed by atoms with E-state index in [1.807, 2.05) is 16.9 Å². The van der Waals surface area contributed by atoms with Crippen LogP contribution in [0.25, 0.3) is 0 Å². The van der Waals surface area contributed by atoms with Crippen LogP contribution in [-0.2, 0) is 6.54 Å². The van der Waals surface area contributed by atoms with Gasteiger partial charge in [0.1, 0.15) is 0 Å². The summed E-state index contributed by atoms with van der Waals surface area (Å²) in [6.45, 7) is 1.85. The van der Waals surface area contributed by atoms with Gasteiger partial charge in [-0.25, -0.2) is 4.98 Å². The Morgan fingerprint density at radius 3 is 3.16 bits per heavy atom. The maximum atomic E-state index is 5.16. The van der Waals surface area contributed by atoms with Crippen molar-refractivity contribution in [3.8, 4) is 5.88 Å². The first-order valence-corrected chi connectivity index (χ1v) is 6.48. The summed E-state index contributed by atoms with van der Waals surface area (Å²) in [5.41, 5.74) is 0. The maximum absolute atomic E-state index is 5.16. The normalized spacial score (nSPS) is 18.8. The van der Waals surface area contributed by atoms with Gasteiger partial charge < -0.3 is 9.64 Å². The quantitative estimate of drug-likeness (QED) is 0.829. The Morgan fingerprint density at radius 1 is 1.42 bits per heavy atom. The van der Waals surface area contributed by atoms with E-state index in [0.717, 1.165) is 31.9 Å². The summed E-state index contributed by atoms with van der Waals surface area (Å²) in [6, 6.07) is 4.11. The lowest BCUT2D eigenvalue weighted by molar-refractivity contribution is 0.396. The van der Waals surface area contributed by atoms with Gasteiger partial charge in [0, 0.05) is 31.2 Å². The number of rotatable bonds is 4. The average molecular weight is 259 g/mol. The summed E-state index contributed by atoms with van der Waals surface area (Å²) < 4.78 is 7.12. The molecule has 0 amide bonds. The van der Waals surface area contributed by atoms with Gasteiger partial charge in [-0.15, -0.1) is 0 Å². The average Bonchev–Trinajstić information content (AvgIpc) is 3.11. The van der Waals surface area contributed by atoms with E-state index in [1.165, 1.54) is 0 Å². The zero-order valence-corrected chi connectivity index (χ0v) is 10.9. The summed E-state index contributed by atoms with van der Waals surface area (Å²) in [7, 11) is 1.62. The van der Waals surface area contributed by atoms with Crippen LogP contribution >= 0.6 is 0 Å². The van der Waals surface area contributed by atoms with Gasteiger partial charge in [0.2, 0.25) is 11.8 Å². The number of methoxy groups -OCH3 is 1. The largest absolute Gasteiger partial charge is 0.481 e. The molecule has 0 N–H and O–H groups in total. The Morgan fingerprint density at radius 2 is 2.37 bits per heavy atom. The van der Waals surface area contributed by atoms with Gasteiger partial charge in [0.05, 0.1) is 19.7 Å². The number of ether oxygens (including phenoxy) is 1. The van der Waals surface area contributed by atoms with Crippen LogP contribution in [0.2, 0.25) is 0 Å². The molecule has 1 aliphatic heterocycles. The fourth-order valence-electron chi connectivity index (χ4n) is 2.50. The van der Waals surface area contributed by atoms with Gasteiger partial charge in [-0.05, 0) is 18.9 Å². The van der Waals surface area contributed by atoms with Gasteiger partial charge >= 0.3 is 0 Å². The Hall–Kier alpha value is -2.11. The predicted octanol–water partition coefficient (Wildman–Crippen LogP) is 1.35. The molecule has 0 bridgehead atoms. The molecule has 1 fully saturated rings. The molecule has 1 saturated heterocycles. The minimum Gasteiger partial charge on any atom is -0.481 e. The molecule has 2 aromatic heterocycles. The third-order valence-corrected chi connectivity index (χ3v) is 3.42. The summed E-state index contributed by atoms with van der Waals surface area (Å²) >= 11 is 0. The first-order chi connectivity index (χ1) is 9.36. The van der Waals surface area contributed by atoms with Crippen LogP contribution in [0.1, 0.15) is 12.8 Å². The second kappa shape index (κ2) is 5.26. The number of aromatic nitrogens is 4. The van der Waals surface area contributed by atoms with Crippen molar-refractivity contribution < 1.29 is 4.74 Å². The molecule has 19 heavy (non-hydrogen) atoms. The molecule has 6 nitrogen and oxygen atoms in total. The second-order valence-electron chi connectivity index (χ2n) is 4.62. The molecule has 6 heteroatoms. The van der Waals surface area contributed by atoms with Crippen LogP contribution < -0.4 is 9.64 Å². The number of hydrogen-bond donors (Lipinski definition) is 0. The van der Waals surface area contributed by atoms with Crippen molar-refractivity contribution in [3.05, 3.63) is 30.7 Å². The highest BCUT2D eigenvalue weighted by Gasteiger charge is 2.27. The maximum Gasteiger partial charge on any atom is 0.228 e. The third kappa shape index (κ3) is 2.52. The van der Waals surface area contributed by atoms with Crippen LogP contribution in [0, 0.1) is 0 Å². The van der Waals surface area contributed by atoms with E-state index in [0.29, 0.717) is 11.9 Å². The molecule has 3 rings (SSSR count). The predicted molar refractivity (Wildman–Crippen MR) is 71.2 cm³/mol. The van der Waals surface area contributed by atoms with Gasteiger partial charge in [0.15, 0.2) is 0 Å². The Kier molecular flexibility index (Phi) is 3.31. The molecule has 1 aliphatic rings. The summed E-state index contributed by atoms with van der Waals surface area (Å²) in [5, 5.41) is 4.27. The molecule has 100 valence electrons. The number of anilines is 1. The molecule has 0 saturated carbocycles. The van der Waals surface area contributed by atoms with Crippen molar-refractivity contribution in [1.29, 1.82) is 0 Å². The van der Waals surface area contributed by atoms with Gasteiger partial charge in [-0.2, -0.15) is 10.1 Å². The molecular weight excluding hydrogens is 242 g/mol. The van der Waals surface area contributed by atoms with Crippen molar-refractivity contribution in [3.63, 3.8) is 0 Å². The highest BCUT2D eigenvalue weighted by Crippen LogP contribution is 2.24. The van der Waals surface area contributed by atoms with E-state index in [1.54, 1.807) is 25.6 Å². The van der Waals surface area contributed by atoms with Crippen LogP contribution in [0.15, 0.2) is 30.7 Å². The van der Waals surface area contributed by atoms with E-state index in [2.05, 4.69) is 20.0 Å². The van der Waals surface area contributed by atoms with Gasteiger partial charge in [-0.3, -0.25) is 4.68 Å². The summed E-state index contributed by atoms with van der Waals surface area (Å²) in [6.07, 6.45) is 7.83. The fraction of sp³-hybridized carbons (Fsp3) is 0.462. The van der Waals surface area contributed by atoms with Crippen molar-refractivity contribution >= 4 is 5.95 Å². The molecule has 0 aliphatic carbocycles. The van der Waals surface area contributed by atoms with Crippen LogP contribution in [0.4, 0.5) is 5.95 Å². The molecular formula is C13H17N5O. The molecule has 2 aromatic rings. The lowest BCUT2D eigenvalue weighted by Crippen LogP contribution is -2.34. The van der Waals surface area contributed by atoms with Crippen molar-refractivity contribution in [2.24, 2.45) is 0 Å². The number of nitrogens with zero attached hydrogens (tertiary/aromatic N) is 5. The Labute approximate surface area is 112 Å². The fourth-order valence-corrected chi connectivity index (χ4v) is 2.50. The molecule has 3 heterocycles. The molecule has 0 aromatic carbocycles. The SMILES string of the molecule is COc1ccnc(N2CCC[C@@H]2Cn2cccn2)n1. The highest BCUT2D eigenvalue weighted by molar-refractivity contribution is 5.35. The smallest absolute Gasteiger partial charge is 0.228 e. The Balaban J connectivity index is 1.78. The standard InChI is InChI=1S/C13H17N5O/c1-19-12-5-7-14-13(16-12)18-9-2-4-11(18)10-17-8-3-6-15-17/h3,5-8,11H,2,4,9-10H2,1H3/t11-/m1/s1. The first-order valence-electron chi connectivity index (χ1n) is 6.48. The zero-order valence-electron chi connectivity index (χ0n) is 10.9. The third-order valence-electron chi connectivity index (χ3n) is 3.42. The number of hydrogen-bond acceptors (Lipinski definition) is 5. The topological polar surface area (TPSA) is 56.1 Å². The lowest BCUT2D eigenvalue weighted by atomic mass is 10.2. The van der Waals surface area contributed by atoms with Crippen molar-refractivity contribution in [2.75, 3.05) is 18.6 Å². The lowest BCUT2D eigenvalue weighted by Gasteiger charge is -2.24. The Bertz CT molecular complexity index is 528. The van der Waals surface area contributed by atoms with Crippen LogP contribution in [0.3, 0.4) is 0 Å². The molecule has 0 unspecified atom stereocenters. The minimum absolute atomic E-state index is 0.395. The van der Waals surface area contributed by atoms with Crippen molar-refractivity contribution in [2.45, 2.75) is 25.4 Å². The highest BCUT2D eigenvalue weighted by atomic mass is 16.5. The van der Waals surface area contributed by atoms with Crippen LogP contribution in [0.5, 0.6) is 5.88 Å². The van der Waals surface area contributed by atoms with Gasteiger partial charge in [-0.1, -0.05) is 0 Å². The van der Waals surface area contributed by atoms with E-state index < -0.39 is 0 Å².